The molecular weight excluding hydrogens is 286 g/mol. The van der Waals surface area contributed by atoms with Gasteiger partial charge in [-0.25, -0.2) is 0 Å². The topological polar surface area (TPSA) is 38.7 Å². The minimum atomic E-state index is 0.0458. The van der Waals surface area contributed by atoms with Gasteiger partial charge in [0.2, 0.25) is 5.75 Å². The van der Waals surface area contributed by atoms with Gasteiger partial charge in [0.1, 0.15) is 7.17 Å². The summed E-state index contributed by atoms with van der Waals surface area (Å²) in [7, 11) is 5.13. The van der Waals surface area contributed by atoms with E-state index in [0.717, 1.165) is 32.6 Å². The number of benzene rings is 1. The Morgan fingerprint density at radius 1 is 1.17 bits per heavy atom. The number of hydrogen-bond acceptors (Lipinski definition) is 3. The first kappa shape index (κ1) is 18.8. The van der Waals surface area contributed by atoms with Crippen LogP contribution in [0.3, 0.4) is 0 Å². The maximum Gasteiger partial charge on any atom is 0.200 e. The summed E-state index contributed by atoms with van der Waals surface area (Å²) >= 11 is 0. The lowest BCUT2D eigenvalue weighted by atomic mass is 9.34. The number of aryl methyl sites for hydroxylation is 1. The molecule has 0 saturated heterocycles. The Balaban J connectivity index is 2.61. The van der Waals surface area contributed by atoms with E-state index in [-0.39, 0.29) is 5.75 Å². The predicted molar refractivity (Wildman–Crippen MR) is 102 cm³/mol. The molecule has 0 fully saturated rings. The molecule has 23 heavy (non-hydrogen) atoms. The molecule has 0 bridgehead atoms. The number of phenols is 1. The molecule has 120 valence electrons. The molecule has 0 radical (unpaired) electrons. The SMILES string of the molecule is C=C/C=C\C(BBCCc1cc(OC)c(O)c(OC)c1)=C/C=C. The molecule has 1 rings (SSSR count). The highest BCUT2D eigenvalue weighted by atomic mass is 16.5. The van der Waals surface area contributed by atoms with Crippen molar-refractivity contribution in [3.8, 4) is 17.2 Å². The van der Waals surface area contributed by atoms with Crippen molar-refractivity contribution in [1.82, 2.24) is 0 Å². The maximum atomic E-state index is 9.92. The summed E-state index contributed by atoms with van der Waals surface area (Å²) in [4.78, 5) is 0. The van der Waals surface area contributed by atoms with Crippen molar-refractivity contribution in [3.05, 3.63) is 66.7 Å². The van der Waals surface area contributed by atoms with Crippen molar-refractivity contribution in [1.29, 1.82) is 0 Å². The summed E-state index contributed by atoms with van der Waals surface area (Å²) in [5, 5.41) is 9.92. The molecule has 1 aromatic rings. The van der Waals surface area contributed by atoms with Crippen LogP contribution >= 0.6 is 0 Å². The number of ether oxygens (including phenoxy) is 2. The fraction of sp³-hybridized carbons (Fsp3) is 0.222. The van der Waals surface area contributed by atoms with E-state index >= 15 is 0 Å². The minimum Gasteiger partial charge on any atom is -0.502 e. The van der Waals surface area contributed by atoms with Crippen LogP contribution in [-0.2, 0) is 6.42 Å². The highest BCUT2D eigenvalue weighted by molar-refractivity contribution is 7.04. The highest BCUT2D eigenvalue weighted by Gasteiger charge is 2.11. The zero-order valence-corrected chi connectivity index (χ0v) is 14.0. The molecule has 0 heterocycles. The van der Waals surface area contributed by atoms with Crippen LogP contribution in [0.2, 0.25) is 6.32 Å². The molecule has 0 spiro atoms. The summed E-state index contributed by atoms with van der Waals surface area (Å²) in [6, 6.07) is 3.71. The van der Waals surface area contributed by atoms with Crippen molar-refractivity contribution in [3.63, 3.8) is 0 Å². The molecule has 0 aromatic heterocycles. The van der Waals surface area contributed by atoms with E-state index in [1.54, 1.807) is 12.2 Å². The van der Waals surface area contributed by atoms with Gasteiger partial charge < -0.3 is 14.6 Å². The lowest BCUT2D eigenvalue weighted by Gasteiger charge is -2.11. The molecule has 0 saturated carbocycles. The third kappa shape index (κ3) is 6.15. The average molecular weight is 310 g/mol. The summed E-state index contributed by atoms with van der Waals surface area (Å²) in [5.74, 6) is 0.936. The van der Waals surface area contributed by atoms with Crippen LogP contribution in [0, 0.1) is 0 Å². The summed E-state index contributed by atoms with van der Waals surface area (Å²) in [6.07, 6.45) is 11.5. The van der Waals surface area contributed by atoms with Crippen LogP contribution in [0.15, 0.2) is 61.1 Å². The van der Waals surface area contributed by atoms with E-state index in [2.05, 4.69) is 19.2 Å². The van der Waals surface area contributed by atoms with Crippen LogP contribution in [0.1, 0.15) is 5.56 Å². The normalized spacial score (nSPS) is 11.1. The zero-order chi connectivity index (χ0) is 17.1. The van der Waals surface area contributed by atoms with Gasteiger partial charge in [0.25, 0.3) is 0 Å². The Labute approximate surface area is 140 Å². The minimum absolute atomic E-state index is 0.0458. The zero-order valence-electron chi connectivity index (χ0n) is 14.0. The Morgan fingerprint density at radius 2 is 1.83 bits per heavy atom. The van der Waals surface area contributed by atoms with E-state index in [0.29, 0.717) is 11.5 Å². The molecule has 0 aliphatic carbocycles. The van der Waals surface area contributed by atoms with Crippen molar-refractivity contribution in [2.45, 2.75) is 12.7 Å². The molecule has 0 aliphatic rings. The number of rotatable bonds is 10. The Kier molecular flexibility index (Phi) is 8.51. The quantitative estimate of drug-likeness (QED) is 0.410. The second-order valence-corrected chi connectivity index (χ2v) is 5.13. The van der Waals surface area contributed by atoms with Gasteiger partial charge in [-0.3, -0.25) is 0 Å². The lowest BCUT2D eigenvalue weighted by molar-refractivity contribution is 0.339. The Hall–Kier alpha value is -2.29. The standard InChI is InChI=1S/C18H24B2O3/c1-5-7-9-15(8-6-2)20-19-11-10-14-12-16(22-3)18(21)17(13-14)23-4/h5-9,12-13,19-21H,1-2,10-11H2,3-4H3/b9-7-,15-8+. The van der Waals surface area contributed by atoms with Crippen molar-refractivity contribution in [2.24, 2.45) is 0 Å². The molecule has 0 atom stereocenters. The summed E-state index contributed by atoms with van der Waals surface area (Å²) < 4.78 is 10.4. The first-order valence-corrected chi connectivity index (χ1v) is 7.70. The fourth-order valence-corrected chi connectivity index (χ4v) is 2.32. The van der Waals surface area contributed by atoms with E-state index in [9.17, 15) is 5.11 Å². The first-order chi connectivity index (χ1) is 11.2. The molecule has 1 aromatic carbocycles. The van der Waals surface area contributed by atoms with Gasteiger partial charge in [0, 0.05) is 0 Å². The van der Waals surface area contributed by atoms with Crippen molar-refractivity contribution in [2.75, 3.05) is 14.2 Å². The van der Waals surface area contributed by atoms with Crippen LogP contribution in [0.25, 0.3) is 0 Å². The Morgan fingerprint density at radius 3 is 2.35 bits per heavy atom. The van der Waals surface area contributed by atoms with Crippen LogP contribution in [0.4, 0.5) is 0 Å². The van der Waals surface area contributed by atoms with Crippen LogP contribution < -0.4 is 9.47 Å². The van der Waals surface area contributed by atoms with Crippen LogP contribution in [-0.4, -0.2) is 33.7 Å². The second kappa shape index (κ2) is 10.4. The van der Waals surface area contributed by atoms with E-state index in [1.165, 1.54) is 19.7 Å². The molecule has 0 aliphatic heterocycles. The molecule has 0 amide bonds. The number of hydrogen-bond donors (Lipinski definition) is 1. The van der Waals surface area contributed by atoms with Gasteiger partial charge in [-0.1, -0.05) is 55.3 Å². The second-order valence-electron chi connectivity index (χ2n) is 5.13. The predicted octanol–water partition coefficient (Wildman–Crippen LogP) is 2.97. The van der Waals surface area contributed by atoms with Gasteiger partial charge in [0.05, 0.1) is 21.4 Å². The van der Waals surface area contributed by atoms with E-state index in [4.69, 9.17) is 9.47 Å². The molecule has 5 heteroatoms. The number of phenolic OH excluding ortho intramolecular Hbond substituents is 1. The average Bonchev–Trinajstić information content (AvgIpc) is 2.57. The maximum absolute atomic E-state index is 9.92. The molecule has 3 nitrogen and oxygen atoms in total. The number of aromatic hydroxyl groups is 1. The molecular formula is C18H24B2O3. The largest absolute Gasteiger partial charge is 0.502 e. The van der Waals surface area contributed by atoms with E-state index in [1.807, 2.05) is 24.3 Å². The summed E-state index contributed by atoms with van der Waals surface area (Å²) in [6.45, 7) is 7.43. The van der Waals surface area contributed by atoms with Crippen molar-refractivity contribution >= 4 is 14.3 Å². The highest BCUT2D eigenvalue weighted by Crippen LogP contribution is 2.37. The monoisotopic (exact) mass is 310 g/mol. The number of methoxy groups -OCH3 is 2. The third-order valence-electron chi connectivity index (χ3n) is 3.50. The van der Waals surface area contributed by atoms with Gasteiger partial charge in [-0.15, -0.1) is 0 Å². The van der Waals surface area contributed by atoms with Gasteiger partial charge in [-0.05, 0) is 24.1 Å². The molecule has 0 unspecified atom stereocenters. The van der Waals surface area contributed by atoms with Gasteiger partial charge in [-0.2, -0.15) is 0 Å². The summed E-state index contributed by atoms with van der Waals surface area (Å²) in [5.41, 5.74) is 2.33. The van der Waals surface area contributed by atoms with Gasteiger partial charge >= 0.3 is 0 Å². The molecule has 1 N–H and O–H groups in total. The third-order valence-corrected chi connectivity index (χ3v) is 3.50. The van der Waals surface area contributed by atoms with Crippen LogP contribution in [0.5, 0.6) is 17.2 Å². The van der Waals surface area contributed by atoms with E-state index < -0.39 is 0 Å². The van der Waals surface area contributed by atoms with Gasteiger partial charge in [0.15, 0.2) is 11.5 Å². The van der Waals surface area contributed by atoms with Crippen molar-refractivity contribution < 1.29 is 14.6 Å². The Bertz CT molecular complexity index is 567. The lowest BCUT2D eigenvalue weighted by Crippen LogP contribution is -2.07. The fourth-order valence-electron chi connectivity index (χ4n) is 2.32. The first-order valence-electron chi connectivity index (χ1n) is 7.70. The smallest absolute Gasteiger partial charge is 0.200 e. The number of allylic oxidation sites excluding steroid dienone is 6.